The molecule has 2 rings (SSSR count). The normalized spacial score (nSPS) is 11.4. The van der Waals surface area contributed by atoms with Crippen LogP contribution in [0.4, 0.5) is 13.2 Å². The maximum atomic E-state index is 12.6. The van der Waals surface area contributed by atoms with Gasteiger partial charge < -0.3 is 9.84 Å². The van der Waals surface area contributed by atoms with Crippen LogP contribution in [0.3, 0.4) is 0 Å². The van der Waals surface area contributed by atoms with Crippen molar-refractivity contribution in [2.75, 3.05) is 0 Å². The molecule has 1 aromatic carbocycles. The number of carbonyl (C=O) groups is 1. The molecule has 0 bridgehead atoms. The van der Waals surface area contributed by atoms with Crippen LogP contribution in [0.15, 0.2) is 39.5 Å². The van der Waals surface area contributed by atoms with Gasteiger partial charge in [-0.05, 0) is 34.1 Å². The minimum absolute atomic E-state index is 0.0432. The van der Waals surface area contributed by atoms with Crippen LogP contribution < -0.4 is 5.32 Å². The van der Waals surface area contributed by atoms with Crippen LogP contribution in [0.25, 0.3) is 0 Å². The molecule has 4 nitrogen and oxygen atoms in total. The average Bonchev–Trinajstić information content (AvgIpc) is 2.88. The molecule has 0 aliphatic heterocycles. The molecule has 0 atom stereocenters. The number of halogens is 4. The number of rotatable bonds is 3. The summed E-state index contributed by atoms with van der Waals surface area (Å²) < 4.78 is 42.9. The predicted octanol–water partition coefficient (Wildman–Crippen LogP) is 3.39. The van der Waals surface area contributed by atoms with Crippen LogP contribution in [0.2, 0.25) is 0 Å². The molecule has 1 N–H and O–H groups in total. The van der Waals surface area contributed by atoms with E-state index in [0.29, 0.717) is 5.76 Å². The van der Waals surface area contributed by atoms with Gasteiger partial charge in [0.25, 0.3) is 5.91 Å². The van der Waals surface area contributed by atoms with Crippen molar-refractivity contribution in [1.82, 2.24) is 10.5 Å². The van der Waals surface area contributed by atoms with Crippen LogP contribution in [-0.2, 0) is 12.7 Å². The molecule has 0 aliphatic carbocycles. The Hall–Kier alpha value is -1.83. The number of benzene rings is 1. The predicted molar refractivity (Wildman–Crippen MR) is 66.8 cm³/mol. The summed E-state index contributed by atoms with van der Waals surface area (Å²) in [5.41, 5.74) is -0.982. The van der Waals surface area contributed by atoms with E-state index in [1.54, 1.807) is 6.07 Å². The van der Waals surface area contributed by atoms with Gasteiger partial charge in [-0.25, -0.2) is 0 Å². The van der Waals surface area contributed by atoms with E-state index in [1.807, 2.05) is 0 Å². The van der Waals surface area contributed by atoms with Crippen molar-refractivity contribution in [3.8, 4) is 0 Å². The fourth-order valence-electron chi connectivity index (χ4n) is 1.47. The largest absolute Gasteiger partial charge is 0.416 e. The third kappa shape index (κ3) is 3.38. The molecule has 0 unspecified atom stereocenters. The standard InChI is InChI=1S/C12H8BrF3N2O2/c13-10-2-1-7(12(14,15)16)5-9(10)11(19)17-6-8-3-4-18-20-8/h1-5H,6H2,(H,17,19). The van der Waals surface area contributed by atoms with Gasteiger partial charge in [0.05, 0.1) is 23.9 Å². The minimum atomic E-state index is -4.50. The number of aromatic nitrogens is 1. The van der Waals surface area contributed by atoms with Crippen molar-refractivity contribution < 1.29 is 22.5 Å². The van der Waals surface area contributed by atoms with Crippen molar-refractivity contribution in [3.05, 3.63) is 51.8 Å². The lowest BCUT2D eigenvalue weighted by Gasteiger charge is -2.10. The molecule has 20 heavy (non-hydrogen) atoms. The third-order valence-electron chi connectivity index (χ3n) is 2.45. The first-order valence-electron chi connectivity index (χ1n) is 5.42. The first-order valence-corrected chi connectivity index (χ1v) is 6.22. The zero-order valence-corrected chi connectivity index (χ0v) is 11.5. The second-order valence-corrected chi connectivity index (χ2v) is 4.71. The van der Waals surface area contributed by atoms with Crippen LogP contribution in [0.5, 0.6) is 0 Å². The molecule has 0 saturated heterocycles. The van der Waals surface area contributed by atoms with Gasteiger partial charge in [-0.15, -0.1) is 0 Å². The molecular formula is C12H8BrF3N2O2. The van der Waals surface area contributed by atoms with Crippen molar-refractivity contribution in [1.29, 1.82) is 0 Å². The Labute approximate surface area is 120 Å². The molecule has 0 saturated carbocycles. The van der Waals surface area contributed by atoms with Gasteiger partial charge in [-0.1, -0.05) is 5.16 Å². The van der Waals surface area contributed by atoms with Crippen molar-refractivity contribution in [2.24, 2.45) is 0 Å². The summed E-state index contributed by atoms with van der Waals surface area (Å²) in [7, 11) is 0. The number of alkyl halides is 3. The molecule has 0 spiro atoms. The van der Waals surface area contributed by atoms with Gasteiger partial charge in [-0.2, -0.15) is 13.2 Å². The Morgan fingerprint density at radius 3 is 2.70 bits per heavy atom. The zero-order valence-electron chi connectivity index (χ0n) is 9.87. The molecular weight excluding hydrogens is 341 g/mol. The third-order valence-corrected chi connectivity index (χ3v) is 3.14. The molecule has 2 aromatic rings. The van der Waals surface area contributed by atoms with Gasteiger partial charge in [0.2, 0.25) is 0 Å². The Bertz CT molecular complexity index is 612. The smallest absolute Gasteiger partial charge is 0.360 e. The minimum Gasteiger partial charge on any atom is -0.360 e. The molecule has 0 radical (unpaired) electrons. The summed E-state index contributed by atoms with van der Waals surface area (Å²) in [6, 6.07) is 4.42. The van der Waals surface area contributed by atoms with Crippen molar-refractivity contribution in [3.63, 3.8) is 0 Å². The monoisotopic (exact) mass is 348 g/mol. The summed E-state index contributed by atoms with van der Waals surface area (Å²) in [5.74, 6) is -0.235. The van der Waals surface area contributed by atoms with E-state index < -0.39 is 17.6 Å². The lowest BCUT2D eigenvalue weighted by atomic mass is 10.1. The van der Waals surface area contributed by atoms with Crippen LogP contribution >= 0.6 is 15.9 Å². The summed E-state index contributed by atoms with van der Waals surface area (Å²) in [6.45, 7) is 0.0432. The van der Waals surface area contributed by atoms with Crippen molar-refractivity contribution >= 4 is 21.8 Å². The van der Waals surface area contributed by atoms with E-state index in [-0.39, 0.29) is 16.6 Å². The molecule has 1 amide bonds. The second-order valence-electron chi connectivity index (χ2n) is 3.85. The Kier molecular flexibility index (Phi) is 4.12. The number of hydrogen-bond donors (Lipinski definition) is 1. The van der Waals surface area contributed by atoms with Gasteiger partial charge in [-0.3, -0.25) is 4.79 Å². The van der Waals surface area contributed by atoms with Crippen molar-refractivity contribution in [2.45, 2.75) is 12.7 Å². The fraction of sp³-hybridized carbons (Fsp3) is 0.167. The highest BCUT2D eigenvalue weighted by molar-refractivity contribution is 9.10. The zero-order chi connectivity index (χ0) is 14.8. The highest BCUT2D eigenvalue weighted by Crippen LogP contribution is 2.31. The van der Waals surface area contributed by atoms with Gasteiger partial charge in [0, 0.05) is 10.5 Å². The maximum absolute atomic E-state index is 12.6. The first kappa shape index (κ1) is 14.6. The van der Waals surface area contributed by atoms with Crippen LogP contribution in [0, 0.1) is 0 Å². The Morgan fingerprint density at radius 2 is 2.10 bits per heavy atom. The topological polar surface area (TPSA) is 55.1 Å². The van der Waals surface area contributed by atoms with Crippen LogP contribution in [-0.4, -0.2) is 11.1 Å². The fourth-order valence-corrected chi connectivity index (χ4v) is 1.90. The van der Waals surface area contributed by atoms with Gasteiger partial charge in [0.1, 0.15) is 0 Å². The van der Waals surface area contributed by atoms with E-state index in [1.165, 1.54) is 12.3 Å². The van der Waals surface area contributed by atoms with Gasteiger partial charge >= 0.3 is 6.18 Å². The molecule has 1 aromatic heterocycles. The van der Waals surface area contributed by atoms with E-state index in [4.69, 9.17) is 4.52 Å². The molecule has 0 aliphatic rings. The summed E-state index contributed by atoms with van der Waals surface area (Å²) >= 11 is 3.05. The second kappa shape index (κ2) is 5.66. The number of nitrogens with one attached hydrogen (secondary N) is 1. The summed E-state index contributed by atoms with van der Waals surface area (Å²) in [5, 5.41) is 5.90. The lowest BCUT2D eigenvalue weighted by molar-refractivity contribution is -0.137. The van der Waals surface area contributed by atoms with Gasteiger partial charge in [0.15, 0.2) is 5.76 Å². The van der Waals surface area contributed by atoms with E-state index in [2.05, 4.69) is 26.4 Å². The molecule has 106 valence electrons. The highest BCUT2D eigenvalue weighted by atomic mass is 79.9. The quantitative estimate of drug-likeness (QED) is 0.924. The van der Waals surface area contributed by atoms with Crippen LogP contribution in [0.1, 0.15) is 21.7 Å². The number of hydrogen-bond acceptors (Lipinski definition) is 3. The van der Waals surface area contributed by atoms with E-state index in [0.717, 1.165) is 12.1 Å². The number of carbonyl (C=O) groups excluding carboxylic acids is 1. The first-order chi connectivity index (χ1) is 9.38. The Morgan fingerprint density at radius 1 is 1.35 bits per heavy atom. The average molecular weight is 349 g/mol. The highest BCUT2D eigenvalue weighted by Gasteiger charge is 2.31. The van der Waals surface area contributed by atoms with E-state index >= 15 is 0 Å². The molecule has 1 heterocycles. The SMILES string of the molecule is O=C(NCc1ccno1)c1cc(C(F)(F)F)ccc1Br. The van der Waals surface area contributed by atoms with E-state index in [9.17, 15) is 18.0 Å². The Balaban J connectivity index is 2.16. The number of amides is 1. The maximum Gasteiger partial charge on any atom is 0.416 e. The molecule has 8 heteroatoms. The summed E-state index contributed by atoms with van der Waals surface area (Å²) in [6.07, 6.45) is -3.09. The molecule has 0 fully saturated rings. The summed E-state index contributed by atoms with van der Waals surface area (Å²) in [4.78, 5) is 11.9. The number of nitrogens with zero attached hydrogens (tertiary/aromatic N) is 1. The lowest BCUT2D eigenvalue weighted by Crippen LogP contribution is -2.23.